The summed E-state index contributed by atoms with van der Waals surface area (Å²) < 4.78 is 5.52. The average molecular weight is 529 g/mol. The third kappa shape index (κ3) is 5.79. The number of likely N-dealkylation sites (tertiary alicyclic amines) is 2. The Morgan fingerprint density at radius 3 is 2.58 bits per heavy atom. The van der Waals surface area contributed by atoms with E-state index >= 15 is 0 Å². The molecule has 1 aromatic heterocycles. The number of carbonyl (C=O) groups is 1. The molecule has 194 valence electrons. The topological polar surface area (TPSA) is 48.9 Å². The number of unbranched alkanes of at least 4 members (excludes halogenated alkanes) is 2. The van der Waals surface area contributed by atoms with Crippen molar-refractivity contribution >= 4 is 41.0 Å². The molecule has 6 nitrogen and oxygen atoms in total. The molecule has 1 spiro atoms. The van der Waals surface area contributed by atoms with Gasteiger partial charge in [-0.2, -0.15) is 0 Å². The molecular formula is C28H37ClN4O2S. The van der Waals surface area contributed by atoms with Gasteiger partial charge < -0.3 is 19.4 Å². The second kappa shape index (κ2) is 10.4. The van der Waals surface area contributed by atoms with E-state index in [2.05, 4.69) is 33.0 Å². The molecule has 8 heteroatoms. The van der Waals surface area contributed by atoms with Crippen molar-refractivity contribution in [3.63, 3.8) is 0 Å². The lowest BCUT2D eigenvalue weighted by Gasteiger charge is -2.53. The van der Waals surface area contributed by atoms with Gasteiger partial charge in [-0.15, -0.1) is 0 Å². The summed E-state index contributed by atoms with van der Waals surface area (Å²) in [5, 5.41) is 0.766. The maximum absolute atomic E-state index is 12.3. The van der Waals surface area contributed by atoms with E-state index < -0.39 is 5.60 Å². The smallest absolute Gasteiger partial charge is 0.410 e. The lowest BCUT2D eigenvalue weighted by molar-refractivity contribution is -0.0593. The van der Waals surface area contributed by atoms with Crippen LogP contribution in [0, 0.1) is 5.41 Å². The fourth-order valence-electron chi connectivity index (χ4n) is 5.48. The van der Waals surface area contributed by atoms with Crippen molar-refractivity contribution in [1.82, 2.24) is 14.8 Å². The zero-order valence-corrected chi connectivity index (χ0v) is 23.2. The van der Waals surface area contributed by atoms with Crippen LogP contribution in [0.15, 0.2) is 46.3 Å². The van der Waals surface area contributed by atoms with Gasteiger partial charge in [-0.1, -0.05) is 29.8 Å². The second-order valence-corrected chi connectivity index (χ2v) is 12.9. The molecule has 2 saturated heterocycles. The third-order valence-corrected chi connectivity index (χ3v) is 8.75. The van der Waals surface area contributed by atoms with Gasteiger partial charge in [0.05, 0.1) is 10.6 Å². The number of fused-ring (bicyclic) bond motifs is 2. The second-order valence-electron chi connectivity index (χ2n) is 11.4. The van der Waals surface area contributed by atoms with Gasteiger partial charge in [-0.05, 0) is 96.4 Å². The van der Waals surface area contributed by atoms with Crippen molar-refractivity contribution in [3.05, 3.63) is 41.6 Å². The number of aromatic nitrogens is 1. The molecule has 36 heavy (non-hydrogen) atoms. The lowest BCUT2D eigenvalue weighted by atomic mass is 9.72. The minimum absolute atomic E-state index is 0.162. The number of anilines is 2. The van der Waals surface area contributed by atoms with Gasteiger partial charge in [0, 0.05) is 41.2 Å². The number of rotatable bonds is 6. The van der Waals surface area contributed by atoms with Crippen LogP contribution in [0.3, 0.4) is 0 Å². The van der Waals surface area contributed by atoms with Crippen LogP contribution in [0.2, 0.25) is 5.02 Å². The molecule has 1 aromatic carbocycles. The molecule has 0 N–H and O–H groups in total. The van der Waals surface area contributed by atoms with Crippen molar-refractivity contribution in [2.45, 2.75) is 68.3 Å². The van der Waals surface area contributed by atoms with Gasteiger partial charge in [0.1, 0.15) is 11.4 Å². The fraction of sp³-hybridized carbons (Fsp3) is 0.571. The van der Waals surface area contributed by atoms with E-state index in [0.29, 0.717) is 5.41 Å². The molecule has 3 aliphatic rings. The van der Waals surface area contributed by atoms with E-state index in [1.807, 2.05) is 44.0 Å². The van der Waals surface area contributed by atoms with Crippen LogP contribution in [-0.2, 0) is 4.74 Å². The van der Waals surface area contributed by atoms with Crippen LogP contribution < -0.4 is 4.90 Å². The number of carbonyl (C=O) groups excluding carboxylic acids is 1. The lowest BCUT2D eigenvalue weighted by Crippen LogP contribution is -2.62. The standard InChI is InChI=1S/C28H37ClN4O2S/c1-27(2,3)35-26(34)32-19-28(20-32)11-16-31(17-12-28)14-5-4-6-15-33-22-18-21(29)9-10-23(22)36-24-8-7-13-30-25(24)33/h7-10,13,18H,4-6,11-12,14-17,19-20H2,1-3H3. The summed E-state index contributed by atoms with van der Waals surface area (Å²) in [6, 6.07) is 10.3. The number of pyridine rings is 1. The van der Waals surface area contributed by atoms with Crippen LogP contribution in [0.4, 0.5) is 16.3 Å². The molecule has 0 radical (unpaired) electrons. The van der Waals surface area contributed by atoms with Gasteiger partial charge >= 0.3 is 6.09 Å². The highest BCUT2D eigenvalue weighted by molar-refractivity contribution is 7.99. The monoisotopic (exact) mass is 528 g/mol. The maximum Gasteiger partial charge on any atom is 0.410 e. The number of hydrogen-bond acceptors (Lipinski definition) is 6. The summed E-state index contributed by atoms with van der Waals surface area (Å²) in [4.78, 5) is 26.2. The van der Waals surface area contributed by atoms with Crippen LogP contribution >= 0.6 is 23.4 Å². The highest BCUT2D eigenvalue weighted by atomic mass is 35.5. The Balaban J connectivity index is 1.05. The highest BCUT2D eigenvalue weighted by Crippen LogP contribution is 2.48. The van der Waals surface area contributed by atoms with Crippen molar-refractivity contribution in [2.24, 2.45) is 5.41 Å². The van der Waals surface area contributed by atoms with Gasteiger partial charge in [-0.25, -0.2) is 9.78 Å². The molecule has 0 atom stereocenters. The zero-order valence-electron chi connectivity index (χ0n) is 21.6. The Morgan fingerprint density at radius 1 is 1.08 bits per heavy atom. The Morgan fingerprint density at radius 2 is 1.83 bits per heavy atom. The van der Waals surface area contributed by atoms with E-state index in [-0.39, 0.29) is 6.09 Å². The number of hydrogen-bond donors (Lipinski definition) is 0. The summed E-state index contributed by atoms with van der Waals surface area (Å²) in [6.07, 6.45) is 7.59. The predicted molar refractivity (Wildman–Crippen MR) is 147 cm³/mol. The molecule has 1 amide bonds. The molecule has 2 aromatic rings. The minimum Gasteiger partial charge on any atom is -0.444 e. The van der Waals surface area contributed by atoms with E-state index in [1.165, 1.54) is 41.2 Å². The van der Waals surface area contributed by atoms with E-state index in [1.54, 1.807) is 11.8 Å². The fourth-order valence-corrected chi connectivity index (χ4v) is 6.69. The van der Waals surface area contributed by atoms with Crippen molar-refractivity contribution in [3.8, 4) is 0 Å². The third-order valence-electron chi connectivity index (χ3n) is 7.42. The zero-order chi connectivity index (χ0) is 25.3. The van der Waals surface area contributed by atoms with Gasteiger partial charge in [0.25, 0.3) is 0 Å². The summed E-state index contributed by atoms with van der Waals surface area (Å²) in [7, 11) is 0. The molecule has 0 bridgehead atoms. The van der Waals surface area contributed by atoms with Crippen LogP contribution in [-0.4, -0.2) is 65.7 Å². The first-order valence-corrected chi connectivity index (χ1v) is 14.3. The molecule has 0 aliphatic carbocycles. The van der Waals surface area contributed by atoms with Crippen LogP contribution in [0.1, 0.15) is 52.9 Å². The highest BCUT2D eigenvalue weighted by Gasteiger charge is 2.47. The average Bonchev–Trinajstić information content (AvgIpc) is 2.81. The summed E-state index contributed by atoms with van der Waals surface area (Å²) in [5.41, 5.74) is 1.06. The molecule has 5 rings (SSSR count). The minimum atomic E-state index is -0.424. The number of halogens is 1. The number of piperidine rings is 1. The first kappa shape index (κ1) is 25.7. The van der Waals surface area contributed by atoms with E-state index in [0.717, 1.165) is 56.5 Å². The number of nitrogens with zero attached hydrogens (tertiary/aromatic N) is 4. The van der Waals surface area contributed by atoms with Crippen molar-refractivity contribution in [2.75, 3.05) is 44.2 Å². The summed E-state index contributed by atoms with van der Waals surface area (Å²) in [6.45, 7) is 11.8. The van der Waals surface area contributed by atoms with E-state index in [9.17, 15) is 4.79 Å². The Hall–Kier alpha value is -1.96. The largest absolute Gasteiger partial charge is 0.444 e. The van der Waals surface area contributed by atoms with Gasteiger partial charge in [0.2, 0.25) is 0 Å². The molecule has 3 aliphatic heterocycles. The molecule has 0 unspecified atom stereocenters. The summed E-state index contributed by atoms with van der Waals surface area (Å²) in [5.74, 6) is 1.04. The molecule has 0 saturated carbocycles. The van der Waals surface area contributed by atoms with E-state index in [4.69, 9.17) is 16.3 Å². The number of benzene rings is 1. The first-order valence-electron chi connectivity index (χ1n) is 13.1. The molecule has 4 heterocycles. The normalized spacial score (nSPS) is 19.0. The number of ether oxygens (including phenoxy) is 1. The SMILES string of the molecule is CC(C)(C)OC(=O)N1CC2(CCN(CCCCCN3c4cc(Cl)ccc4Sc4cccnc43)CC2)C1. The summed E-state index contributed by atoms with van der Waals surface area (Å²) >= 11 is 8.10. The Bertz CT molecular complexity index is 1090. The quantitative estimate of drug-likeness (QED) is 0.382. The number of amides is 1. The van der Waals surface area contributed by atoms with Gasteiger partial charge in [-0.3, -0.25) is 0 Å². The first-order chi connectivity index (χ1) is 17.2. The molecule has 2 fully saturated rings. The van der Waals surface area contributed by atoms with Crippen LogP contribution in [0.25, 0.3) is 0 Å². The Labute approximate surface area is 224 Å². The van der Waals surface area contributed by atoms with Crippen molar-refractivity contribution < 1.29 is 9.53 Å². The maximum atomic E-state index is 12.3. The van der Waals surface area contributed by atoms with Gasteiger partial charge in [0.15, 0.2) is 0 Å². The Kier molecular flexibility index (Phi) is 7.44. The van der Waals surface area contributed by atoms with Crippen molar-refractivity contribution in [1.29, 1.82) is 0 Å². The molecular weight excluding hydrogens is 492 g/mol. The predicted octanol–water partition coefficient (Wildman–Crippen LogP) is 6.84. The van der Waals surface area contributed by atoms with Crippen LogP contribution in [0.5, 0.6) is 0 Å².